The Morgan fingerprint density at radius 2 is 1.79 bits per heavy atom. The van der Waals surface area contributed by atoms with Crippen LogP contribution in [0, 0.1) is 5.92 Å². The number of nitrogens with one attached hydrogen (secondary N) is 1. The fourth-order valence-electron chi connectivity index (χ4n) is 4.25. The molecule has 4 aromatic heterocycles. The van der Waals surface area contributed by atoms with Gasteiger partial charge in [-0.2, -0.15) is 4.52 Å². The van der Waals surface area contributed by atoms with Crippen molar-refractivity contribution in [1.82, 2.24) is 34.3 Å². The molecule has 1 fully saturated rings. The summed E-state index contributed by atoms with van der Waals surface area (Å²) in [6.45, 7) is 1.53. The summed E-state index contributed by atoms with van der Waals surface area (Å²) in [5.74, 6) is 1.61. The zero-order chi connectivity index (χ0) is 22.2. The van der Waals surface area contributed by atoms with E-state index in [1.54, 1.807) is 23.4 Å². The van der Waals surface area contributed by atoms with Gasteiger partial charge in [0.15, 0.2) is 5.65 Å². The number of imidazole rings is 1. The number of piperidine rings is 1. The Labute approximate surface area is 188 Å². The number of carbonyl (C=O) groups excluding carboxylic acids is 1. The third-order valence-electron chi connectivity index (χ3n) is 6.05. The van der Waals surface area contributed by atoms with Crippen molar-refractivity contribution in [1.29, 1.82) is 0 Å². The van der Waals surface area contributed by atoms with Crippen molar-refractivity contribution in [2.75, 3.05) is 23.3 Å². The molecule has 10 heteroatoms. The standard InChI is InChI=1S/C23H21N9O/c33-23(16-9-11-30(12-10-16)22-8-7-21-28-26-15-32(21)29-22)27-17-5-6-20(24-13-17)31-14-25-18-3-1-2-4-19(18)31/h1-8,13-16H,9-12H2,(H,27,33). The van der Waals surface area contributed by atoms with Crippen molar-refractivity contribution in [2.45, 2.75) is 12.8 Å². The summed E-state index contributed by atoms with van der Waals surface area (Å²) in [7, 11) is 0. The number of amides is 1. The number of carbonyl (C=O) groups is 1. The van der Waals surface area contributed by atoms with Crippen molar-refractivity contribution in [3.63, 3.8) is 0 Å². The lowest BCUT2D eigenvalue weighted by Gasteiger charge is -2.31. The van der Waals surface area contributed by atoms with E-state index < -0.39 is 0 Å². The van der Waals surface area contributed by atoms with Gasteiger partial charge < -0.3 is 10.2 Å². The largest absolute Gasteiger partial charge is 0.355 e. The van der Waals surface area contributed by atoms with Crippen LogP contribution in [-0.2, 0) is 4.79 Å². The van der Waals surface area contributed by atoms with Gasteiger partial charge in [-0.15, -0.1) is 15.3 Å². The molecule has 1 amide bonds. The average molecular weight is 439 g/mol. The Hall–Kier alpha value is -4.34. The smallest absolute Gasteiger partial charge is 0.227 e. The molecule has 6 rings (SSSR count). The predicted molar refractivity (Wildman–Crippen MR) is 123 cm³/mol. The maximum Gasteiger partial charge on any atom is 0.227 e. The number of hydrogen-bond donors (Lipinski definition) is 1. The third kappa shape index (κ3) is 3.65. The molecule has 10 nitrogen and oxygen atoms in total. The van der Waals surface area contributed by atoms with E-state index in [0.717, 1.165) is 48.6 Å². The van der Waals surface area contributed by atoms with Crippen LogP contribution in [0.25, 0.3) is 22.5 Å². The van der Waals surface area contributed by atoms with Gasteiger partial charge in [0.05, 0.1) is 22.9 Å². The molecule has 1 aromatic carbocycles. The number of aromatic nitrogens is 7. The minimum Gasteiger partial charge on any atom is -0.355 e. The highest BCUT2D eigenvalue weighted by Gasteiger charge is 2.26. The second kappa shape index (κ2) is 7.97. The zero-order valence-electron chi connectivity index (χ0n) is 17.7. The van der Waals surface area contributed by atoms with E-state index in [4.69, 9.17) is 0 Å². The van der Waals surface area contributed by atoms with Crippen LogP contribution in [0.5, 0.6) is 0 Å². The van der Waals surface area contributed by atoms with Crippen molar-refractivity contribution in [2.24, 2.45) is 5.92 Å². The molecule has 33 heavy (non-hydrogen) atoms. The van der Waals surface area contributed by atoms with Gasteiger partial charge in [-0.25, -0.2) is 9.97 Å². The average Bonchev–Trinajstić information content (AvgIpc) is 3.51. The normalized spacial score (nSPS) is 14.7. The van der Waals surface area contributed by atoms with E-state index >= 15 is 0 Å². The molecular formula is C23H21N9O. The molecule has 5 heterocycles. The molecule has 1 aliphatic heterocycles. The highest BCUT2D eigenvalue weighted by atomic mass is 16.1. The fraction of sp³-hybridized carbons (Fsp3) is 0.217. The second-order valence-electron chi connectivity index (χ2n) is 8.08. The molecule has 0 saturated carbocycles. The van der Waals surface area contributed by atoms with Crippen molar-refractivity contribution in [3.05, 3.63) is 67.4 Å². The first-order valence-corrected chi connectivity index (χ1v) is 10.9. The highest BCUT2D eigenvalue weighted by molar-refractivity contribution is 5.92. The van der Waals surface area contributed by atoms with Crippen molar-refractivity contribution in [3.8, 4) is 5.82 Å². The minimum absolute atomic E-state index is 0.0273. The maximum absolute atomic E-state index is 12.8. The second-order valence-corrected chi connectivity index (χ2v) is 8.08. The van der Waals surface area contributed by atoms with Gasteiger partial charge in [0.1, 0.15) is 24.3 Å². The topological polar surface area (TPSA) is 106 Å². The first-order valence-electron chi connectivity index (χ1n) is 10.9. The summed E-state index contributed by atoms with van der Waals surface area (Å²) in [5.41, 5.74) is 3.32. The minimum atomic E-state index is -0.0443. The number of hydrogen-bond acceptors (Lipinski definition) is 7. The van der Waals surface area contributed by atoms with Gasteiger partial charge in [0, 0.05) is 19.0 Å². The first kappa shape index (κ1) is 19.4. The molecule has 1 N–H and O–H groups in total. The van der Waals surface area contributed by atoms with E-state index in [1.165, 1.54) is 0 Å². The monoisotopic (exact) mass is 439 g/mol. The van der Waals surface area contributed by atoms with Gasteiger partial charge in [-0.1, -0.05) is 12.1 Å². The number of para-hydroxylation sites is 2. The lowest BCUT2D eigenvalue weighted by Crippen LogP contribution is -2.38. The Kier molecular flexibility index (Phi) is 4.68. The number of anilines is 2. The molecule has 5 aromatic rings. The van der Waals surface area contributed by atoms with Crippen LogP contribution in [0.3, 0.4) is 0 Å². The molecule has 1 saturated heterocycles. The van der Waals surface area contributed by atoms with Crippen LogP contribution in [0.15, 0.2) is 67.4 Å². The van der Waals surface area contributed by atoms with E-state index in [0.29, 0.717) is 11.3 Å². The molecule has 0 bridgehead atoms. The van der Waals surface area contributed by atoms with Crippen LogP contribution in [-0.4, -0.2) is 53.3 Å². The van der Waals surface area contributed by atoms with Crippen LogP contribution in [0.2, 0.25) is 0 Å². The van der Waals surface area contributed by atoms with Gasteiger partial charge >= 0.3 is 0 Å². The van der Waals surface area contributed by atoms with E-state index in [2.05, 4.69) is 35.5 Å². The van der Waals surface area contributed by atoms with Crippen molar-refractivity contribution < 1.29 is 4.79 Å². The van der Waals surface area contributed by atoms with Crippen LogP contribution >= 0.6 is 0 Å². The SMILES string of the molecule is O=C(Nc1ccc(-n2cnc3ccccc32)nc1)C1CCN(c2ccc3nncn3n2)CC1. The van der Waals surface area contributed by atoms with Crippen LogP contribution in [0.1, 0.15) is 12.8 Å². The predicted octanol–water partition coefficient (Wildman–Crippen LogP) is 2.71. The number of fused-ring (bicyclic) bond motifs is 2. The fourth-order valence-corrected chi connectivity index (χ4v) is 4.25. The van der Waals surface area contributed by atoms with Crippen molar-refractivity contribution >= 4 is 34.1 Å². The number of rotatable bonds is 4. The quantitative estimate of drug-likeness (QED) is 0.459. The Bertz CT molecular complexity index is 1430. The zero-order valence-corrected chi connectivity index (χ0v) is 17.7. The summed E-state index contributed by atoms with van der Waals surface area (Å²) in [6.07, 6.45) is 6.57. The Morgan fingerprint density at radius 1 is 0.939 bits per heavy atom. The lowest BCUT2D eigenvalue weighted by atomic mass is 9.96. The Balaban J connectivity index is 1.09. The van der Waals surface area contributed by atoms with Gasteiger partial charge in [0.2, 0.25) is 5.91 Å². The first-order chi connectivity index (χ1) is 16.2. The molecular weight excluding hydrogens is 418 g/mol. The van der Waals surface area contributed by atoms with Crippen LogP contribution < -0.4 is 10.2 Å². The summed E-state index contributed by atoms with van der Waals surface area (Å²) in [5, 5.41) is 15.4. The number of nitrogens with zero attached hydrogens (tertiary/aromatic N) is 8. The summed E-state index contributed by atoms with van der Waals surface area (Å²) < 4.78 is 3.60. The van der Waals surface area contributed by atoms with E-state index in [9.17, 15) is 4.79 Å². The molecule has 0 unspecified atom stereocenters. The highest BCUT2D eigenvalue weighted by Crippen LogP contribution is 2.24. The maximum atomic E-state index is 12.8. The van der Waals surface area contributed by atoms with Gasteiger partial charge in [-0.05, 0) is 49.2 Å². The number of pyridine rings is 1. The molecule has 164 valence electrons. The van der Waals surface area contributed by atoms with Gasteiger partial charge in [0.25, 0.3) is 0 Å². The molecule has 1 aliphatic rings. The molecule has 0 atom stereocenters. The molecule has 0 spiro atoms. The number of benzene rings is 1. The third-order valence-corrected chi connectivity index (χ3v) is 6.05. The summed E-state index contributed by atoms with van der Waals surface area (Å²) >= 11 is 0. The summed E-state index contributed by atoms with van der Waals surface area (Å²) in [4.78, 5) is 23.9. The van der Waals surface area contributed by atoms with E-state index in [-0.39, 0.29) is 11.8 Å². The van der Waals surface area contributed by atoms with E-state index in [1.807, 2.05) is 53.1 Å². The molecule has 0 aliphatic carbocycles. The van der Waals surface area contributed by atoms with Crippen LogP contribution in [0.4, 0.5) is 11.5 Å². The molecule has 0 radical (unpaired) electrons. The lowest BCUT2D eigenvalue weighted by molar-refractivity contribution is -0.120. The summed E-state index contributed by atoms with van der Waals surface area (Å²) in [6, 6.07) is 15.5. The Morgan fingerprint density at radius 3 is 2.64 bits per heavy atom. The van der Waals surface area contributed by atoms with Gasteiger partial charge in [-0.3, -0.25) is 9.36 Å².